The van der Waals surface area contributed by atoms with Crippen LogP contribution in [0.3, 0.4) is 0 Å². The van der Waals surface area contributed by atoms with Crippen LogP contribution in [0.25, 0.3) is 0 Å². The summed E-state index contributed by atoms with van der Waals surface area (Å²) in [5.74, 6) is 4.01. The standard InChI is InChI=1S/C12H23N/c1-7(2)9-5-10-11(6-9)12(10)13-8(3)4/h7-13H,5-6H2,1-4H3. The van der Waals surface area contributed by atoms with Crippen LogP contribution in [0, 0.1) is 23.7 Å². The first-order valence-electron chi connectivity index (χ1n) is 5.85. The van der Waals surface area contributed by atoms with Crippen LogP contribution in [0.5, 0.6) is 0 Å². The van der Waals surface area contributed by atoms with Gasteiger partial charge in [0, 0.05) is 12.1 Å². The Hall–Kier alpha value is -0.0400. The smallest absolute Gasteiger partial charge is 0.0133 e. The van der Waals surface area contributed by atoms with Gasteiger partial charge in [-0.3, -0.25) is 0 Å². The third kappa shape index (κ3) is 1.76. The van der Waals surface area contributed by atoms with Crippen LogP contribution in [-0.2, 0) is 0 Å². The normalized spacial score (nSPS) is 42.9. The van der Waals surface area contributed by atoms with Gasteiger partial charge in [0.25, 0.3) is 0 Å². The molecule has 2 rings (SSSR count). The van der Waals surface area contributed by atoms with Crippen LogP contribution in [-0.4, -0.2) is 12.1 Å². The Bertz CT molecular complexity index is 174. The summed E-state index contributed by atoms with van der Waals surface area (Å²) < 4.78 is 0. The molecule has 0 aromatic heterocycles. The zero-order valence-electron chi connectivity index (χ0n) is 9.38. The van der Waals surface area contributed by atoms with Crippen molar-refractivity contribution in [3.05, 3.63) is 0 Å². The van der Waals surface area contributed by atoms with Gasteiger partial charge in [-0.1, -0.05) is 27.7 Å². The topological polar surface area (TPSA) is 12.0 Å². The minimum atomic E-state index is 0.674. The van der Waals surface area contributed by atoms with E-state index in [1.165, 1.54) is 12.8 Å². The fourth-order valence-corrected chi connectivity index (χ4v) is 3.06. The third-order valence-electron chi connectivity index (χ3n) is 3.95. The Labute approximate surface area is 82.3 Å². The molecule has 1 N–H and O–H groups in total. The Kier molecular flexibility index (Phi) is 2.39. The predicted molar refractivity (Wildman–Crippen MR) is 56.6 cm³/mol. The van der Waals surface area contributed by atoms with Crippen molar-refractivity contribution in [3.8, 4) is 0 Å². The van der Waals surface area contributed by atoms with Gasteiger partial charge in [-0.2, -0.15) is 0 Å². The molecule has 1 heteroatoms. The molecule has 1 nitrogen and oxygen atoms in total. The van der Waals surface area contributed by atoms with Gasteiger partial charge < -0.3 is 5.32 Å². The van der Waals surface area contributed by atoms with Crippen LogP contribution >= 0.6 is 0 Å². The Balaban J connectivity index is 1.77. The predicted octanol–water partition coefficient (Wildman–Crippen LogP) is 2.67. The maximum absolute atomic E-state index is 3.68. The van der Waals surface area contributed by atoms with Gasteiger partial charge in [-0.25, -0.2) is 0 Å². The first-order valence-corrected chi connectivity index (χ1v) is 5.85. The molecule has 0 aliphatic heterocycles. The fraction of sp³-hybridized carbons (Fsp3) is 1.00. The molecule has 0 saturated heterocycles. The SMILES string of the molecule is CC(C)NC1C2CC(C(C)C)CC21. The minimum Gasteiger partial charge on any atom is -0.311 e. The summed E-state index contributed by atoms with van der Waals surface area (Å²) in [6, 6.07) is 1.56. The number of fused-ring (bicyclic) bond motifs is 1. The quantitative estimate of drug-likeness (QED) is 0.706. The van der Waals surface area contributed by atoms with Gasteiger partial charge in [-0.15, -0.1) is 0 Å². The van der Waals surface area contributed by atoms with E-state index in [1.54, 1.807) is 0 Å². The molecule has 0 heterocycles. The molecule has 2 unspecified atom stereocenters. The van der Waals surface area contributed by atoms with Crippen LogP contribution in [0.2, 0.25) is 0 Å². The Morgan fingerprint density at radius 3 is 1.92 bits per heavy atom. The molecule has 2 saturated carbocycles. The van der Waals surface area contributed by atoms with Crippen LogP contribution in [0.15, 0.2) is 0 Å². The summed E-state index contributed by atoms with van der Waals surface area (Å²) in [6.45, 7) is 9.27. The maximum Gasteiger partial charge on any atom is 0.0133 e. The van der Waals surface area contributed by atoms with Crippen molar-refractivity contribution in [1.29, 1.82) is 0 Å². The minimum absolute atomic E-state index is 0.674. The molecule has 2 aliphatic rings. The van der Waals surface area contributed by atoms with E-state index in [0.717, 1.165) is 29.7 Å². The van der Waals surface area contributed by atoms with E-state index in [2.05, 4.69) is 33.0 Å². The molecule has 0 spiro atoms. The molecule has 0 aromatic carbocycles. The number of hydrogen-bond acceptors (Lipinski definition) is 1. The zero-order chi connectivity index (χ0) is 9.59. The molecule has 2 aliphatic carbocycles. The molecule has 0 amide bonds. The monoisotopic (exact) mass is 181 g/mol. The van der Waals surface area contributed by atoms with Crippen LogP contribution in [0.1, 0.15) is 40.5 Å². The Morgan fingerprint density at radius 1 is 1.00 bits per heavy atom. The molecule has 0 bridgehead atoms. The molecular formula is C12H23N. The third-order valence-corrected chi connectivity index (χ3v) is 3.95. The summed E-state index contributed by atoms with van der Waals surface area (Å²) in [6.07, 6.45) is 2.99. The number of nitrogens with one attached hydrogen (secondary N) is 1. The highest BCUT2D eigenvalue weighted by Crippen LogP contribution is 2.56. The second-order valence-corrected chi connectivity index (χ2v) is 5.65. The Morgan fingerprint density at radius 2 is 1.54 bits per heavy atom. The second kappa shape index (κ2) is 3.27. The lowest BCUT2D eigenvalue weighted by molar-refractivity contribution is 0.338. The van der Waals surface area contributed by atoms with Gasteiger partial charge >= 0.3 is 0 Å². The number of rotatable bonds is 3. The van der Waals surface area contributed by atoms with Gasteiger partial charge in [0.05, 0.1) is 0 Å². The lowest BCUT2D eigenvalue weighted by Crippen LogP contribution is -2.29. The van der Waals surface area contributed by atoms with Crippen molar-refractivity contribution in [2.75, 3.05) is 0 Å². The molecule has 13 heavy (non-hydrogen) atoms. The molecule has 2 atom stereocenters. The van der Waals surface area contributed by atoms with E-state index in [9.17, 15) is 0 Å². The van der Waals surface area contributed by atoms with Gasteiger partial charge in [0.2, 0.25) is 0 Å². The molecule has 0 radical (unpaired) electrons. The summed E-state index contributed by atoms with van der Waals surface area (Å²) in [5, 5.41) is 3.68. The molecular weight excluding hydrogens is 158 g/mol. The molecule has 76 valence electrons. The van der Waals surface area contributed by atoms with E-state index in [-0.39, 0.29) is 0 Å². The molecule has 0 aromatic rings. The van der Waals surface area contributed by atoms with E-state index in [1.807, 2.05) is 0 Å². The van der Waals surface area contributed by atoms with Crippen molar-refractivity contribution < 1.29 is 0 Å². The number of hydrogen-bond donors (Lipinski definition) is 1. The van der Waals surface area contributed by atoms with Crippen molar-refractivity contribution in [2.24, 2.45) is 23.7 Å². The summed E-state index contributed by atoms with van der Waals surface area (Å²) in [4.78, 5) is 0. The summed E-state index contributed by atoms with van der Waals surface area (Å²) in [5.41, 5.74) is 0. The zero-order valence-corrected chi connectivity index (χ0v) is 9.38. The highest BCUT2D eigenvalue weighted by molar-refractivity contribution is 5.09. The van der Waals surface area contributed by atoms with Crippen molar-refractivity contribution in [1.82, 2.24) is 5.32 Å². The van der Waals surface area contributed by atoms with E-state index >= 15 is 0 Å². The van der Waals surface area contributed by atoms with Gasteiger partial charge in [0.15, 0.2) is 0 Å². The van der Waals surface area contributed by atoms with Gasteiger partial charge in [0.1, 0.15) is 0 Å². The van der Waals surface area contributed by atoms with Crippen molar-refractivity contribution in [2.45, 2.75) is 52.6 Å². The van der Waals surface area contributed by atoms with Crippen molar-refractivity contribution >= 4 is 0 Å². The lowest BCUT2D eigenvalue weighted by Gasteiger charge is -2.19. The van der Waals surface area contributed by atoms with Crippen LogP contribution in [0.4, 0.5) is 0 Å². The average molecular weight is 181 g/mol. The molecule has 2 fully saturated rings. The highest BCUT2D eigenvalue weighted by Gasteiger charge is 2.55. The van der Waals surface area contributed by atoms with Crippen LogP contribution < -0.4 is 5.32 Å². The summed E-state index contributed by atoms with van der Waals surface area (Å²) in [7, 11) is 0. The van der Waals surface area contributed by atoms with E-state index in [0.29, 0.717) is 6.04 Å². The maximum atomic E-state index is 3.68. The largest absolute Gasteiger partial charge is 0.311 e. The first-order chi connectivity index (χ1) is 6.09. The summed E-state index contributed by atoms with van der Waals surface area (Å²) >= 11 is 0. The average Bonchev–Trinajstić information content (AvgIpc) is 2.51. The second-order valence-electron chi connectivity index (χ2n) is 5.65. The lowest BCUT2D eigenvalue weighted by atomic mass is 9.90. The van der Waals surface area contributed by atoms with Crippen molar-refractivity contribution in [3.63, 3.8) is 0 Å². The van der Waals surface area contributed by atoms with Gasteiger partial charge in [-0.05, 0) is 36.5 Å². The van der Waals surface area contributed by atoms with E-state index < -0.39 is 0 Å². The highest BCUT2D eigenvalue weighted by atomic mass is 15.0. The first kappa shape index (κ1) is 9.51. The fourth-order valence-electron chi connectivity index (χ4n) is 3.06. The van der Waals surface area contributed by atoms with E-state index in [4.69, 9.17) is 0 Å².